The van der Waals surface area contributed by atoms with Crippen LogP contribution >= 0.6 is 0 Å². The van der Waals surface area contributed by atoms with E-state index in [1.54, 1.807) is 38.5 Å². The van der Waals surface area contributed by atoms with Crippen LogP contribution in [-0.4, -0.2) is 44.4 Å². The summed E-state index contributed by atoms with van der Waals surface area (Å²) in [7, 11) is 7.10. The van der Waals surface area contributed by atoms with Crippen LogP contribution in [0.1, 0.15) is 38.5 Å². The van der Waals surface area contributed by atoms with Crippen molar-refractivity contribution in [1.82, 2.24) is 11.1 Å². The Balaban J connectivity index is 0.000000180. The van der Waals surface area contributed by atoms with Crippen LogP contribution in [-0.2, 0) is 4.74 Å². The largest absolute Gasteiger partial charge is 0.505 e. The third kappa shape index (κ3) is 3.57. The first-order chi connectivity index (χ1) is 10.9. The molecule has 0 radical (unpaired) electrons. The highest BCUT2D eigenvalue weighted by Crippen LogP contribution is 2.71. The van der Waals surface area contributed by atoms with Gasteiger partial charge in [-0.2, -0.15) is 0 Å². The Morgan fingerprint density at radius 1 is 0.792 bits per heavy atom. The Hall–Kier alpha value is -0.810. The normalized spacial score (nSPS) is 44.9. The van der Waals surface area contributed by atoms with E-state index in [0.717, 1.165) is 7.11 Å². The molecule has 0 aromatic heterocycles. The predicted molar refractivity (Wildman–Crippen MR) is 95.3 cm³/mol. The third-order valence-corrected chi connectivity index (χ3v) is 7.11. The molecule has 0 aliphatic heterocycles. The zero-order valence-corrected chi connectivity index (χ0v) is 15.8. The van der Waals surface area contributed by atoms with Crippen LogP contribution in [0.4, 0.5) is 4.79 Å². The minimum Gasteiger partial charge on any atom is -0.450 e. The van der Waals surface area contributed by atoms with Crippen molar-refractivity contribution in [2.45, 2.75) is 38.5 Å². The van der Waals surface area contributed by atoms with Gasteiger partial charge in [-0.05, 0) is 107 Å². The van der Waals surface area contributed by atoms with E-state index in [0.29, 0.717) is 0 Å². The molecule has 7 aliphatic carbocycles. The summed E-state index contributed by atoms with van der Waals surface area (Å²) in [6.07, 6.45) is 8.68. The Kier molecular flexibility index (Phi) is 6.19. The molecule has 5 heteroatoms. The molecule has 7 fully saturated rings. The molecule has 0 aromatic rings. The van der Waals surface area contributed by atoms with Gasteiger partial charge in [0.25, 0.3) is 0 Å². The highest BCUT2D eigenvalue weighted by atomic mass is 16.6. The molecular weight excluding hydrogens is 304 g/mol. The molecule has 7 rings (SSSR count). The molecule has 0 heterocycles. The van der Waals surface area contributed by atoms with Crippen molar-refractivity contribution in [3.8, 4) is 0 Å². The number of carboxylic acid groups (broad SMARTS) is 1. The maximum absolute atomic E-state index is 9.15. The monoisotopic (exact) mass is 340 g/mol. The summed E-state index contributed by atoms with van der Waals surface area (Å²) in [5.74, 6) is 9.74. The SMILES string of the molecule is C1C2CC3C4CC5CC(C14)C(C2)C3C5.CN(C)C.COC(=O)O.N. The molecule has 7 aliphatic rings. The Labute approximate surface area is 146 Å². The van der Waals surface area contributed by atoms with Crippen molar-refractivity contribution in [1.29, 1.82) is 0 Å². The number of rotatable bonds is 0. The van der Waals surface area contributed by atoms with Crippen molar-refractivity contribution >= 4 is 6.16 Å². The van der Waals surface area contributed by atoms with Crippen molar-refractivity contribution in [3.63, 3.8) is 0 Å². The number of nitrogens with zero attached hydrogens (tertiary/aromatic N) is 1. The molecule has 140 valence electrons. The van der Waals surface area contributed by atoms with Gasteiger partial charge in [0.2, 0.25) is 0 Å². The molecule has 8 bridgehead atoms. The number of carbonyl (C=O) groups is 1. The van der Waals surface area contributed by atoms with Crippen molar-refractivity contribution in [2.24, 2.45) is 47.3 Å². The fourth-order valence-electron chi connectivity index (χ4n) is 6.89. The third-order valence-electron chi connectivity index (χ3n) is 7.11. The van der Waals surface area contributed by atoms with Gasteiger partial charge in [0.15, 0.2) is 0 Å². The van der Waals surface area contributed by atoms with Gasteiger partial charge in [-0.25, -0.2) is 4.79 Å². The van der Waals surface area contributed by atoms with Crippen LogP contribution in [0, 0.1) is 47.3 Å². The molecule has 4 N–H and O–H groups in total. The van der Waals surface area contributed by atoms with Gasteiger partial charge >= 0.3 is 6.16 Å². The van der Waals surface area contributed by atoms with Crippen LogP contribution in [0.25, 0.3) is 0 Å². The predicted octanol–water partition coefficient (Wildman–Crippen LogP) is 3.98. The fourth-order valence-corrected chi connectivity index (χ4v) is 6.89. The van der Waals surface area contributed by atoms with Crippen LogP contribution in [0.3, 0.4) is 0 Å². The average Bonchev–Trinajstić information content (AvgIpc) is 2.51. The van der Waals surface area contributed by atoms with Gasteiger partial charge in [-0.15, -0.1) is 0 Å². The summed E-state index contributed by atoms with van der Waals surface area (Å²) in [4.78, 5) is 11.1. The van der Waals surface area contributed by atoms with Gasteiger partial charge in [0.05, 0.1) is 7.11 Å². The van der Waals surface area contributed by atoms with E-state index in [1.807, 2.05) is 26.0 Å². The number of ether oxygens (including phenoxy) is 1. The maximum atomic E-state index is 9.15. The fraction of sp³-hybridized carbons (Fsp3) is 0.947. The van der Waals surface area contributed by atoms with Crippen molar-refractivity contribution in [3.05, 3.63) is 0 Å². The minimum atomic E-state index is -1.25. The molecule has 0 atom stereocenters. The average molecular weight is 341 g/mol. The van der Waals surface area contributed by atoms with Gasteiger partial charge in [0.1, 0.15) is 0 Å². The molecule has 0 aromatic carbocycles. The molecule has 0 saturated heterocycles. The lowest BCUT2D eigenvalue weighted by atomic mass is 9.36. The van der Waals surface area contributed by atoms with E-state index in [2.05, 4.69) is 4.74 Å². The van der Waals surface area contributed by atoms with E-state index < -0.39 is 6.16 Å². The standard InChI is InChI=1S/C14H20.C3H9N.C2H4O3.H3N/c1-7-2-12-10-4-8-5-11(9(1)10)13(3-7)14(12)6-8;1-4(2)3;1-5-2(3)4;/h7-14H,1-6H2;1-3H3;1H3,(H,3,4);1H3. The van der Waals surface area contributed by atoms with Gasteiger partial charge in [-0.3, -0.25) is 0 Å². The summed E-state index contributed by atoms with van der Waals surface area (Å²) in [6, 6.07) is 0. The lowest BCUT2D eigenvalue weighted by molar-refractivity contribution is -0.202. The second-order valence-electron chi connectivity index (χ2n) is 8.94. The van der Waals surface area contributed by atoms with E-state index in [-0.39, 0.29) is 6.15 Å². The molecule has 7 saturated carbocycles. The summed E-state index contributed by atoms with van der Waals surface area (Å²) in [5, 5.41) is 7.50. The summed E-state index contributed by atoms with van der Waals surface area (Å²) >= 11 is 0. The van der Waals surface area contributed by atoms with E-state index in [1.165, 1.54) is 47.3 Å². The number of methoxy groups -OCH3 is 1. The second kappa shape index (κ2) is 7.61. The lowest BCUT2D eigenvalue weighted by Gasteiger charge is -2.69. The molecule has 5 nitrogen and oxygen atoms in total. The summed E-state index contributed by atoms with van der Waals surface area (Å²) < 4.78 is 3.67. The topological polar surface area (TPSA) is 84.8 Å². The Bertz CT molecular complexity index is 350. The minimum absolute atomic E-state index is 0. The molecule has 0 spiro atoms. The first-order valence-corrected chi connectivity index (χ1v) is 9.28. The molecule has 0 amide bonds. The molecule has 0 unspecified atom stereocenters. The van der Waals surface area contributed by atoms with Gasteiger partial charge < -0.3 is 20.9 Å². The first-order valence-electron chi connectivity index (χ1n) is 9.28. The maximum Gasteiger partial charge on any atom is 0.505 e. The van der Waals surface area contributed by atoms with Crippen molar-refractivity contribution in [2.75, 3.05) is 28.3 Å². The number of hydrogen-bond donors (Lipinski definition) is 2. The highest BCUT2D eigenvalue weighted by Gasteiger charge is 2.63. The molecule has 24 heavy (non-hydrogen) atoms. The van der Waals surface area contributed by atoms with E-state index >= 15 is 0 Å². The smallest absolute Gasteiger partial charge is 0.450 e. The van der Waals surface area contributed by atoms with Crippen LogP contribution in [0.15, 0.2) is 0 Å². The van der Waals surface area contributed by atoms with Crippen molar-refractivity contribution < 1.29 is 14.6 Å². The summed E-state index contributed by atoms with van der Waals surface area (Å²) in [6.45, 7) is 0. The summed E-state index contributed by atoms with van der Waals surface area (Å²) in [5.41, 5.74) is 0. The van der Waals surface area contributed by atoms with Gasteiger partial charge in [0, 0.05) is 0 Å². The number of hydrogen-bond acceptors (Lipinski definition) is 4. The first kappa shape index (κ1) is 19.5. The van der Waals surface area contributed by atoms with Gasteiger partial charge in [-0.1, -0.05) is 0 Å². The lowest BCUT2D eigenvalue weighted by Crippen LogP contribution is -2.62. The zero-order chi connectivity index (χ0) is 16.7. The van der Waals surface area contributed by atoms with Crippen LogP contribution in [0.5, 0.6) is 0 Å². The zero-order valence-electron chi connectivity index (χ0n) is 15.8. The van der Waals surface area contributed by atoms with E-state index in [9.17, 15) is 0 Å². The quantitative estimate of drug-likeness (QED) is 0.652. The van der Waals surface area contributed by atoms with E-state index in [4.69, 9.17) is 9.90 Å². The second-order valence-corrected chi connectivity index (χ2v) is 8.94. The Morgan fingerprint density at radius 3 is 1.08 bits per heavy atom. The Morgan fingerprint density at radius 2 is 0.958 bits per heavy atom. The van der Waals surface area contributed by atoms with Crippen LogP contribution < -0.4 is 6.15 Å². The molecular formula is C19H36N2O3. The highest BCUT2D eigenvalue weighted by molar-refractivity contribution is 5.56. The van der Waals surface area contributed by atoms with Crippen LogP contribution in [0.2, 0.25) is 0 Å².